The summed E-state index contributed by atoms with van der Waals surface area (Å²) in [6, 6.07) is 8.00. The van der Waals surface area contributed by atoms with Crippen molar-refractivity contribution >= 4 is 5.57 Å². The van der Waals surface area contributed by atoms with E-state index < -0.39 is 5.60 Å². The van der Waals surface area contributed by atoms with Gasteiger partial charge < -0.3 is 5.11 Å². The first-order chi connectivity index (χ1) is 5.91. The van der Waals surface area contributed by atoms with Crippen LogP contribution >= 0.6 is 0 Å². The van der Waals surface area contributed by atoms with Crippen molar-refractivity contribution in [3.63, 3.8) is 0 Å². The summed E-state index contributed by atoms with van der Waals surface area (Å²) >= 11 is 0. The summed E-state index contributed by atoms with van der Waals surface area (Å²) in [5.74, 6) is 0. The Balaban J connectivity index is 3.03. The Hall–Kier alpha value is -1.08. The number of aryl methyl sites for hydroxylation is 1. The van der Waals surface area contributed by atoms with Crippen LogP contribution in [0.3, 0.4) is 0 Å². The van der Waals surface area contributed by atoms with E-state index in [4.69, 9.17) is 0 Å². The zero-order valence-corrected chi connectivity index (χ0v) is 8.46. The first-order valence-electron chi connectivity index (χ1n) is 4.40. The molecule has 0 unspecified atom stereocenters. The molecule has 1 heteroatoms. The van der Waals surface area contributed by atoms with Crippen LogP contribution in [-0.2, 0) is 0 Å². The maximum absolute atomic E-state index is 9.73. The van der Waals surface area contributed by atoms with Gasteiger partial charge in [0.25, 0.3) is 0 Å². The molecule has 1 aromatic carbocycles. The Morgan fingerprint density at radius 3 is 2.46 bits per heavy atom. The summed E-state index contributed by atoms with van der Waals surface area (Å²) < 4.78 is 0. The lowest BCUT2D eigenvalue weighted by Crippen LogP contribution is -2.19. The number of hydrogen-bond donors (Lipinski definition) is 1. The minimum absolute atomic E-state index is 0.760. The molecular formula is C12H16O. The van der Waals surface area contributed by atoms with Crippen LogP contribution in [-0.4, -0.2) is 10.7 Å². The van der Waals surface area contributed by atoms with Gasteiger partial charge in [0.2, 0.25) is 0 Å². The Labute approximate surface area is 79.7 Å². The lowest BCUT2D eigenvalue weighted by Gasteiger charge is -2.20. The van der Waals surface area contributed by atoms with E-state index in [9.17, 15) is 5.11 Å². The van der Waals surface area contributed by atoms with Gasteiger partial charge in [-0.15, -0.1) is 0 Å². The molecule has 1 N–H and O–H groups in total. The number of benzene rings is 1. The van der Waals surface area contributed by atoms with Gasteiger partial charge in [0.15, 0.2) is 0 Å². The Bertz CT molecular complexity index is 318. The molecule has 0 aliphatic carbocycles. The fraction of sp³-hybridized carbons (Fsp3) is 0.333. The van der Waals surface area contributed by atoms with Gasteiger partial charge in [-0.25, -0.2) is 0 Å². The van der Waals surface area contributed by atoms with Crippen LogP contribution in [0, 0.1) is 6.92 Å². The van der Waals surface area contributed by atoms with Crippen molar-refractivity contribution in [2.24, 2.45) is 0 Å². The molecular weight excluding hydrogens is 160 g/mol. The van der Waals surface area contributed by atoms with Crippen molar-refractivity contribution in [1.82, 2.24) is 0 Å². The molecule has 0 radical (unpaired) electrons. The largest absolute Gasteiger partial charge is 0.386 e. The Morgan fingerprint density at radius 1 is 1.38 bits per heavy atom. The minimum Gasteiger partial charge on any atom is -0.386 e. The molecule has 1 nitrogen and oxygen atoms in total. The standard InChI is InChI=1S/C12H16O/c1-9-6-5-7-11(8-9)10(2)12(3,4)13/h5-8,13H,2H2,1,3-4H3. The molecule has 0 atom stereocenters. The maximum Gasteiger partial charge on any atom is 0.0840 e. The third kappa shape index (κ3) is 2.43. The van der Waals surface area contributed by atoms with Crippen LogP contribution < -0.4 is 0 Å². The second kappa shape index (κ2) is 3.35. The summed E-state index contributed by atoms with van der Waals surface area (Å²) in [6.45, 7) is 9.41. The van der Waals surface area contributed by atoms with Crippen molar-refractivity contribution in [3.05, 3.63) is 42.0 Å². The first kappa shape index (κ1) is 10.0. The highest BCUT2D eigenvalue weighted by Gasteiger charge is 2.18. The average molecular weight is 176 g/mol. The predicted octanol–water partition coefficient (Wildman–Crippen LogP) is 2.78. The maximum atomic E-state index is 9.73. The summed E-state index contributed by atoms with van der Waals surface area (Å²) in [4.78, 5) is 0. The third-order valence-corrected chi connectivity index (χ3v) is 2.11. The fourth-order valence-corrected chi connectivity index (χ4v) is 1.19. The SMILES string of the molecule is C=C(c1cccc(C)c1)C(C)(C)O. The molecule has 0 heterocycles. The van der Waals surface area contributed by atoms with Gasteiger partial charge in [0.05, 0.1) is 5.60 Å². The van der Waals surface area contributed by atoms with Crippen LogP contribution in [0.25, 0.3) is 5.57 Å². The highest BCUT2D eigenvalue weighted by molar-refractivity contribution is 5.69. The number of aliphatic hydroxyl groups is 1. The molecule has 13 heavy (non-hydrogen) atoms. The van der Waals surface area contributed by atoms with Crippen LogP contribution in [0.4, 0.5) is 0 Å². The van der Waals surface area contributed by atoms with Gasteiger partial charge in [0.1, 0.15) is 0 Å². The molecule has 1 aromatic rings. The number of rotatable bonds is 2. The van der Waals surface area contributed by atoms with Crippen molar-refractivity contribution in [2.45, 2.75) is 26.4 Å². The molecule has 0 spiro atoms. The number of hydrogen-bond acceptors (Lipinski definition) is 1. The second-order valence-electron chi connectivity index (χ2n) is 3.91. The van der Waals surface area contributed by atoms with Crippen molar-refractivity contribution in [1.29, 1.82) is 0 Å². The van der Waals surface area contributed by atoms with Crippen molar-refractivity contribution in [3.8, 4) is 0 Å². The third-order valence-electron chi connectivity index (χ3n) is 2.11. The molecule has 0 amide bonds. The van der Waals surface area contributed by atoms with Gasteiger partial charge in [-0.1, -0.05) is 36.4 Å². The van der Waals surface area contributed by atoms with E-state index in [0.717, 1.165) is 11.1 Å². The quantitative estimate of drug-likeness (QED) is 0.734. The molecule has 0 saturated heterocycles. The zero-order chi connectivity index (χ0) is 10.1. The molecule has 0 aromatic heterocycles. The van der Waals surface area contributed by atoms with E-state index in [1.165, 1.54) is 5.56 Å². The van der Waals surface area contributed by atoms with Crippen molar-refractivity contribution < 1.29 is 5.11 Å². The van der Waals surface area contributed by atoms with E-state index in [-0.39, 0.29) is 0 Å². The molecule has 0 aliphatic heterocycles. The molecule has 0 bridgehead atoms. The van der Waals surface area contributed by atoms with Gasteiger partial charge in [-0.05, 0) is 31.9 Å². The van der Waals surface area contributed by atoms with E-state index in [0.29, 0.717) is 0 Å². The topological polar surface area (TPSA) is 20.2 Å². The van der Waals surface area contributed by atoms with Gasteiger partial charge in [0, 0.05) is 0 Å². The Kier molecular flexibility index (Phi) is 2.58. The monoisotopic (exact) mass is 176 g/mol. The summed E-state index contributed by atoms with van der Waals surface area (Å²) in [5, 5.41) is 9.73. The van der Waals surface area contributed by atoms with Crippen LogP contribution in [0.1, 0.15) is 25.0 Å². The van der Waals surface area contributed by atoms with E-state index >= 15 is 0 Å². The molecule has 0 fully saturated rings. The second-order valence-corrected chi connectivity index (χ2v) is 3.91. The van der Waals surface area contributed by atoms with Gasteiger partial charge in [-0.2, -0.15) is 0 Å². The zero-order valence-electron chi connectivity index (χ0n) is 8.46. The highest BCUT2D eigenvalue weighted by atomic mass is 16.3. The molecule has 1 rings (SSSR count). The highest BCUT2D eigenvalue weighted by Crippen LogP contribution is 2.24. The summed E-state index contributed by atoms with van der Waals surface area (Å²) in [7, 11) is 0. The smallest absolute Gasteiger partial charge is 0.0840 e. The summed E-state index contributed by atoms with van der Waals surface area (Å²) in [5.41, 5.74) is 2.11. The van der Waals surface area contributed by atoms with E-state index in [2.05, 4.69) is 6.58 Å². The lowest BCUT2D eigenvalue weighted by atomic mass is 9.92. The van der Waals surface area contributed by atoms with Gasteiger partial charge >= 0.3 is 0 Å². The van der Waals surface area contributed by atoms with Crippen LogP contribution in [0.15, 0.2) is 30.8 Å². The Morgan fingerprint density at radius 2 is 2.00 bits per heavy atom. The first-order valence-corrected chi connectivity index (χ1v) is 4.40. The van der Waals surface area contributed by atoms with Crippen LogP contribution in [0.2, 0.25) is 0 Å². The van der Waals surface area contributed by atoms with Gasteiger partial charge in [-0.3, -0.25) is 0 Å². The van der Waals surface area contributed by atoms with Crippen LogP contribution in [0.5, 0.6) is 0 Å². The lowest BCUT2D eigenvalue weighted by molar-refractivity contribution is 0.144. The average Bonchev–Trinajstić information content (AvgIpc) is 2.01. The van der Waals surface area contributed by atoms with Crippen molar-refractivity contribution in [2.75, 3.05) is 0 Å². The van der Waals surface area contributed by atoms with E-state index in [1.54, 1.807) is 13.8 Å². The normalized spacial score (nSPS) is 11.4. The minimum atomic E-state index is -0.839. The predicted molar refractivity (Wildman–Crippen MR) is 56.5 cm³/mol. The molecule has 70 valence electrons. The van der Waals surface area contributed by atoms with E-state index in [1.807, 2.05) is 31.2 Å². The molecule has 0 saturated carbocycles. The molecule has 0 aliphatic rings. The fourth-order valence-electron chi connectivity index (χ4n) is 1.19. The summed E-state index contributed by atoms with van der Waals surface area (Å²) in [6.07, 6.45) is 0.